The third-order valence-corrected chi connectivity index (χ3v) is 3.65. The predicted molar refractivity (Wildman–Crippen MR) is 70.9 cm³/mol. The number of H-pyrrole nitrogens is 1. The van der Waals surface area contributed by atoms with Crippen LogP contribution in [-0.2, 0) is 11.2 Å². The lowest BCUT2D eigenvalue weighted by molar-refractivity contribution is -0.0442. The summed E-state index contributed by atoms with van der Waals surface area (Å²) in [7, 11) is 1.69. The molecule has 0 radical (unpaired) electrons. The van der Waals surface area contributed by atoms with Gasteiger partial charge in [0.1, 0.15) is 5.82 Å². The molecule has 1 N–H and O–H groups in total. The number of likely N-dealkylation sites (tertiary alicyclic amines) is 1. The largest absolute Gasteiger partial charge is 0.377 e. The van der Waals surface area contributed by atoms with Gasteiger partial charge in [0.05, 0.1) is 5.60 Å². The number of piperidine rings is 1. The van der Waals surface area contributed by atoms with E-state index in [1.807, 2.05) is 6.92 Å². The Morgan fingerprint density at radius 3 is 3.05 bits per heavy atom. The van der Waals surface area contributed by atoms with Gasteiger partial charge >= 0.3 is 0 Å². The SMILES string of the molecule is CCCc1nc(C(=O)N2CCCC(C)(OC)C2)n[nH]1. The second-order valence-electron chi connectivity index (χ2n) is 5.34. The van der Waals surface area contributed by atoms with Crippen LogP contribution in [0.1, 0.15) is 49.6 Å². The molecule has 2 rings (SSSR count). The van der Waals surface area contributed by atoms with Gasteiger partial charge in [0.15, 0.2) is 0 Å². The molecule has 106 valence electrons. The number of nitrogens with zero attached hydrogens (tertiary/aromatic N) is 3. The molecule has 6 heteroatoms. The van der Waals surface area contributed by atoms with Crippen LogP contribution in [0, 0.1) is 0 Å². The molecule has 19 heavy (non-hydrogen) atoms. The van der Waals surface area contributed by atoms with Gasteiger partial charge < -0.3 is 9.64 Å². The highest BCUT2D eigenvalue weighted by Crippen LogP contribution is 2.24. The fraction of sp³-hybridized carbons (Fsp3) is 0.769. The van der Waals surface area contributed by atoms with E-state index in [-0.39, 0.29) is 17.3 Å². The average Bonchev–Trinajstić information content (AvgIpc) is 2.87. The average molecular weight is 266 g/mol. The van der Waals surface area contributed by atoms with Crippen LogP contribution >= 0.6 is 0 Å². The lowest BCUT2D eigenvalue weighted by atomic mass is 9.95. The quantitative estimate of drug-likeness (QED) is 0.894. The highest BCUT2D eigenvalue weighted by atomic mass is 16.5. The number of methoxy groups -OCH3 is 1. The van der Waals surface area contributed by atoms with Crippen molar-refractivity contribution in [3.63, 3.8) is 0 Å². The molecule has 1 saturated heterocycles. The lowest BCUT2D eigenvalue weighted by Crippen LogP contribution is -2.49. The standard InChI is InChI=1S/C13H22N4O2/c1-4-6-10-14-11(16-15-10)12(18)17-8-5-7-13(2,9-17)19-3/h4-9H2,1-3H3,(H,14,15,16). The van der Waals surface area contributed by atoms with E-state index in [9.17, 15) is 4.79 Å². The van der Waals surface area contributed by atoms with E-state index >= 15 is 0 Å². The van der Waals surface area contributed by atoms with E-state index < -0.39 is 0 Å². The summed E-state index contributed by atoms with van der Waals surface area (Å²) in [6, 6.07) is 0. The van der Waals surface area contributed by atoms with Crippen molar-refractivity contribution >= 4 is 5.91 Å². The number of carbonyl (C=O) groups is 1. The van der Waals surface area contributed by atoms with Gasteiger partial charge in [0.25, 0.3) is 5.91 Å². The summed E-state index contributed by atoms with van der Waals surface area (Å²) in [5, 5.41) is 6.84. The normalized spacial score (nSPS) is 23.6. The van der Waals surface area contributed by atoms with Crippen molar-refractivity contribution in [1.29, 1.82) is 0 Å². The number of hydrogen-bond donors (Lipinski definition) is 1. The van der Waals surface area contributed by atoms with Gasteiger partial charge in [0.2, 0.25) is 5.82 Å². The van der Waals surface area contributed by atoms with Gasteiger partial charge in [-0.2, -0.15) is 0 Å². The highest BCUT2D eigenvalue weighted by molar-refractivity contribution is 5.90. The zero-order valence-corrected chi connectivity index (χ0v) is 11.9. The molecule has 0 saturated carbocycles. The Balaban J connectivity index is 2.06. The van der Waals surface area contributed by atoms with E-state index in [4.69, 9.17) is 4.74 Å². The van der Waals surface area contributed by atoms with E-state index in [2.05, 4.69) is 22.1 Å². The van der Waals surface area contributed by atoms with Crippen LogP contribution in [0.5, 0.6) is 0 Å². The second-order valence-corrected chi connectivity index (χ2v) is 5.34. The van der Waals surface area contributed by atoms with Crippen LogP contribution in [-0.4, -0.2) is 51.8 Å². The van der Waals surface area contributed by atoms with Crippen LogP contribution in [0.15, 0.2) is 0 Å². The molecule has 6 nitrogen and oxygen atoms in total. The molecule has 1 aliphatic rings. The number of ether oxygens (including phenoxy) is 1. The fourth-order valence-electron chi connectivity index (χ4n) is 2.43. The molecule has 1 fully saturated rings. The van der Waals surface area contributed by atoms with Gasteiger partial charge in [-0.25, -0.2) is 4.98 Å². The molecule has 1 aromatic rings. The van der Waals surface area contributed by atoms with Gasteiger partial charge in [-0.1, -0.05) is 6.92 Å². The van der Waals surface area contributed by atoms with Gasteiger partial charge in [-0.15, -0.1) is 5.10 Å². The van der Waals surface area contributed by atoms with E-state index in [0.29, 0.717) is 6.54 Å². The summed E-state index contributed by atoms with van der Waals surface area (Å²) in [5.41, 5.74) is -0.254. The number of amides is 1. The van der Waals surface area contributed by atoms with Crippen LogP contribution in [0.4, 0.5) is 0 Å². The molecular formula is C13H22N4O2. The zero-order chi connectivity index (χ0) is 13.9. The molecule has 2 heterocycles. The summed E-state index contributed by atoms with van der Waals surface area (Å²) < 4.78 is 5.50. The number of rotatable bonds is 4. The zero-order valence-electron chi connectivity index (χ0n) is 11.9. The number of hydrogen-bond acceptors (Lipinski definition) is 4. The minimum absolute atomic E-state index is 0.110. The third kappa shape index (κ3) is 3.12. The van der Waals surface area contributed by atoms with Crippen molar-refractivity contribution in [2.75, 3.05) is 20.2 Å². The minimum Gasteiger partial charge on any atom is -0.377 e. The Kier molecular flexibility index (Phi) is 4.19. The first-order valence-electron chi connectivity index (χ1n) is 6.83. The Bertz CT molecular complexity index is 446. The van der Waals surface area contributed by atoms with Crippen LogP contribution < -0.4 is 0 Å². The maximum Gasteiger partial charge on any atom is 0.293 e. The van der Waals surface area contributed by atoms with Gasteiger partial charge in [0, 0.05) is 26.6 Å². The fourth-order valence-corrected chi connectivity index (χ4v) is 2.43. The molecule has 1 atom stereocenters. The second kappa shape index (κ2) is 5.69. The van der Waals surface area contributed by atoms with E-state index in [0.717, 1.165) is 38.1 Å². The Labute approximate surface area is 113 Å². The summed E-state index contributed by atoms with van der Waals surface area (Å²) in [4.78, 5) is 18.4. The Morgan fingerprint density at radius 2 is 2.37 bits per heavy atom. The first kappa shape index (κ1) is 14.0. The topological polar surface area (TPSA) is 71.1 Å². The summed E-state index contributed by atoms with van der Waals surface area (Å²) in [6.07, 6.45) is 3.72. The van der Waals surface area contributed by atoms with Gasteiger partial charge in [-0.05, 0) is 26.2 Å². The molecular weight excluding hydrogens is 244 g/mol. The molecule has 0 aromatic carbocycles. The Hall–Kier alpha value is -1.43. The summed E-state index contributed by atoms with van der Waals surface area (Å²) >= 11 is 0. The maximum atomic E-state index is 12.3. The number of aryl methyl sites for hydroxylation is 1. The number of aromatic amines is 1. The highest BCUT2D eigenvalue weighted by Gasteiger charge is 2.34. The first-order valence-corrected chi connectivity index (χ1v) is 6.83. The van der Waals surface area contributed by atoms with Crippen molar-refractivity contribution in [2.24, 2.45) is 0 Å². The van der Waals surface area contributed by atoms with Crippen molar-refractivity contribution < 1.29 is 9.53 Å². The van der Waals surface area contributed by atoms with Crippen molar-refractivity contribution in [1.82, 2.24) is 20.1 Å². The van der Waals surface area contributed by atoms with Crippen molar-refractivity contribution in [3.05, 3.63) is 11.6 Å². The van der Waals surface area contributed by atoms with E-state index in [1.54, 1.807) is 12.0 Å². The monoisotopic (exact) mass is 266 g/mol. The molecule has 1 aliphatic heterocycles. The smallest absolute Gasteiger partial charge is 0.293 e. The third-order valence-electron chi connectivity index (χ3n) is 3.65. The molecule has 0 bridgehead atoms. The maximum absolute atomic E-state index is 12.3. The Morgan fingerprint density at radius 1 is 1.58 bits per heavy atom. The number of carbonyl (C=O) groups excluding carboxylic acids is 1. The van der Waals surface area contributed by atoms with Crippen LogP contribution in [0.2, 0.25) is 0 Å². The summed E-state index contributed by atoms with van der Waals surface area (Å²) in [5.74, 6) is 0.933. The summed E-state index contributed by atoms with van der Waals surface area (Å²) in [6.45, 7) is 5.45. The molecule has 0 aliphatic carbocycles. The predicted octanol–water partition coefficient (Wildman–Crippen LogP) is 1.40. The van der Waals surface area contributed by atoms with Gasteiger partial charge in [-0.3, -0.25) is 9.89 Å². The van der Waals surface area contributed by atoms with Crippen molar-refractivity contribution in [3.8, 4) is 0 Å². The number of aromatic nitrogens is 3. The lowest BCUT2D eigenvalue weighted by Gasteiger charge is -2.38. The number of nitrogens with one attached hydrogen (secondary N) is 1. The first-order chi connectivity index (χ1) is 9.08. The molecule has 1 amide bonds. The van der Waals surface area contributed by atoms with Crippen molar-refractivity contribution in [2.45, 2.75) is 45.1 Å². The van der Waals surface area contributed by atoms with Crippen LogP contribution in [0.25, 0.3) is 0 Å². The molecule has 1 unspecified atom stereocenters. The van der Waals surface area contributed by atoms with Crippen LogP contribution in [0.3, 0.4) is 0 Å². The minimum atomic E-state index is -0.254. The van der Waals surface area contributed by atoms with E-state index in [1.165, 1.54) is 0 Å². The molecule has 1 aromatic heterocycles. The molecule has 0 spiro atoms.